The third kappa shape index (κ3) is 6.75. The number of hydrogen-bond acceptors (Lipinski definition) is 7. The largest absolute Gasteiger partial charge is 0.357 e. The van der Waals surface area contributed by atoms with Crippen molar-refractivity contribution in [3.8, 4) is 0 Å². The molecule has 0 atom stereocenters. The molecule has 2 aromatic rings. The van der Waals surface area contributed by atoms with Crippen LogP contribution in [-0.2, 0) is 9.59 Å². The zero-order valence-electron chi connectivity index (χ0n) is 15.2. The van der Waals surface area contributed by atoms with Gasteiger partial charge < -0.3 is 16.0 Å². The summed E-state index contributed by atoms with van der Waals surface area (Å²) in [6.07, 6.45) is 6.17. The number of benzene rings is 1. The fraction of sp³-hybridized carbons (Fsp3) is 0.444. The molecule has 28 heavy (non-hydrogen) atoms. The molecular formula is C18H22BrN5O2S2. The summed E-state index contributed by atoms with van der Waals surface area (Å²) < 4.78 is 1.53. The van der Waals surface area contributed by atoms with Crippen LogP contribution in [-0.4, -0.2) is 40.4 Å². The van der Waals surface area contributed by atoms with Gasteiger partial charge in [-0.25, -0.2) is 0 Å². The lowest BCUT2D eigenvalue weighted by Crippen LogP contribution is -2.33. The summed E-state index contributed by atoms with van der Waals surface area (Å²) in [5.41, 5.74) is 0.669. The quantitative estimate of drug-likeness (QED) is 0.492. The van der Waals surface area contributed by atoms with Crippen LogP contribution in [0, 0.1) is 0 Å². The molecule has 1 heterocycles. The van der Waals surface area contributed by atoms with Gasteiger partial charge in [-0.3, -0.25) is 9.59 Å². The van der Waals surface area contributed by atoms with E-state index in [9.17, 15) is 9.59 Å². The van der Waals surface area contributed by atoms with E-state index in [1.807, 2.05) is 18.2 Å². The van der Waals surface area contributed by atoms with Crippen molar-refractivity contribution in [2.75, 3.05) is 22.9 Å². The van der Waals surface area contributed by atoms with Gasteiger partial charge in [0, 0.05) is 10.5 Å². The van der Waals surface area contributed by atoms with Crippen LogP contribution >= 0.6 is 39.0 Å². The maximum Gasteiger partial charge on any atom is 0.243 e. The molecule has 0 radical (unpaired) electrons. The summed E-state index contributed by atoms with van der Waals surface area (Å²) in [4.78, 5) is 23.9. The van der Waals surface area contributed by atoms with Crippen LogP contribution in [0.2, 0.25) is 0 Å². The molecule has 10 heteroatoms. The molecular weight excluding hydrogens is 462 g/mol. The van der Waals surface area contributed by atoms with Gasteiger partial charge in [-0.2, -0.15) is 0 Å². The highest BCUT2D eigenvalue weighted by Gasteiger charge is 2.16. The highest BCUT2D eigenvalue weighted by Crippen LogP contribution is 2.28. The summed E-state index contributed by atoms with van der Waals surface area (Å²) >= 11 is 6.15. The monoisotopic (exact) mass is 483 g/mol. The smallest absolute Gasteiger partial charge is 0.243 e. The second kappa shape index (κ2) is 10.8. The predicted octanol–water partition coefficient (Wildman–Crippen LogP) is 3.89. The number of hydrogen-bond donors (Lipinski definition) is 3. The number of para-hydroxylation sites is 1. The summed E-state index contributed by atoms with van der Waals surface area (Å²) in [7, 11) is 0. The lowest BCUT2D eigenvalue weighted by molar-refractivity contribution is -0.122. The number of carbonyl (C=O) groups excluding carboxylic acids is 2. The van der Waals surface area contributed by atoms with Crippen molar-refractivity contribution in [1.29, 1.82) is 0 Å². The third-order valence-corrected chi connectivity index (χ3v) is 6.94. The van der Waals surface area contributed by atoms with E-state index >= 15 is 0 Å². The van der Waals surface area contributed by atoms with Crippen molar-refractivity contribution >= 4 is 61.7 Å². The van der Waals surface area contributed by atoms with Crippen molar-refractivity contribution in [1.82, 2.24) is 15.5 Å². The molecule has 2 amide bonds. The van der Waals surface area contributed by atoms with Gasteiger partial charge in [0.2, 0.25) is 16.9 Å². The number of nitrogens with zero attached hydrogens (tertiary/aromatic N) is 2. The molecule has 7 nitrogen and oxygen atoms in total. The van der Waals surface area contributed by atoms with Crippen molar-refractivity contribution in [2.24, 2.45) is 0 Å². The molecule has 1 saturated carbocycles. The van der Waals surface area contributed by atoms with Gasteiger partial charge in [-0.15, -0.1) is 10.2 Å². The highest BCUT2D eigenvalue weighted by molar-refractivity contribution is 9.10. The maximum atomic E-state index is 12.0. The number of anilines is 2. The van der Waals surface area contributed by atoms with E-state index in [4.69, 9.17) is 0 Å². The van der Waals surface area contributed by atoms with E-state index in [2.05, 4.69) is 42.1 Å². The van der Waals surface area contributed by atoms with Crippen LogP contribution in [0.4, 0.5) is 10.8 Å². The lowest BCUT2D eigenvalue weighted by Gasteiger charge is -2.21. The summed E-state index contributed by atoms with van der Waals surface area (Å²) in [5, 5.41) is 17.9. The van der Waals surface area contributed by atoms with E-state index in [-0.39, 0.29) is 24.1 Å². The maximum absolute atomic E-state index is 12.0. The Bertz CT molecular complexity index is 811. The first-order valence-corrected chi connectivity index (χ1v) is 11.7. The number of rotatable bonds is 8. The minimum Gasteiger partial charge on any atom is -0.357 e. The van der Waals surface area contributed by atoms with Gasteiger partial charge in [0.05, 0.1) is 18.0 Å². The molecule has 1 aromatic carbocycles. The Kier molecular flexibility index (Phi) is 8.11. The molecule has 150 valence electrons. The lowest BCUT2D eigenvalue weighted by atomic mass is 9.96. The van der Waals surface area contributed by atoms with Crippen LogP contribution in [0.1, 0.15) is 32.1 Å². The van der Waals surface area contributed by atoms with Gasteiger partial charge >= 0.3 is 0 Å². The number of amides is 2. The van der Waals surface area contributed by atoms with Gasteiger partial charge in [0.1, 0.15) is 0 Å². The normalized spacial score (nSPS) is 14.5. The highest BCUT2D eigenvalue weighted by atomic mass is 79.9. The topological polar surface area (TPSA) is 96.0 Å². The third-order valence-electron chi connectivity index (χ3n) is 4.26. The molecule has 1 aromatic heterocycles. The molecule has 1 aliphatic rings. The summed E-state index contributed by atoms with van der Waals surface area (Å²) in [6, 6.07) is 7.79. The van der Waals surface area contributed by atoms with E-state index < -0.39 is 0 Å². The first kappa shape index (κ1) is 21.1. The van der Waals surface area contributed by atoms with Crippen molar-refractivity contribution in [2.45, 2.75) is 42.5 Å². The van der Waals surface area contributed by atoms with E-state index in [1.54, 1.807) is 6.07 Å². The Labute approximate surface area is 180 Å². The number of nitrogens with one attached hydrogen (secondary N) is 3. The molecule has 1 fully saturated rings. The molecule has 0 bridgehead atoms. The molecule has 0 spiro atoms. The molecule has 0 unspecified atom stereocenters. The van der Waals surface area contributed by atoms with Crippen LogP contribution in [0.15, 0.2) is 33.1 Å². The standard InChI is InChI=1S/C18H22BrN5O2S2/c19-13-8-4-5-9-14(13)22-15(25)10-20-16(26)11-27-18-24-23-17(28-18)21-12-6-2-1-3-7-12/h4-5,8-9,12H,1-3,6-7,10-11H2,(H,20,26)(H,21,23)(H,22,25). The average molecular weight is 484 g/mol. The minimum atomic E-state index is -0.278. The Balaban J connectivity index is 1.36. The molecule has 3 rings (SSSR count). The number of carbonyl (C=O) groups is 2. The van der Waals surface area contributed by atoms with Crippen molar-refractivity contribution < 1.29 is 9.59 Å². The van der Waals surface area contributed by atoms with Crippen molar-refractivity contribution in [3.63, 3.8) is 0 Å². The predicted molar refractivity (Wildman–Crippen MR) is 117 cm³/mol. The fourth-order valence-corrected chi connectivity index (χ4v) is 4.90. The second-order valence-corrected chi connectivity index (χ2v) is 9.50. The number of halogens is 1. The second-order valence-electron chi connectivity index (χ2n) is 6.45. The Morgan fingerprint density at radius 1 is 1.14 bits per heavy atom. The van der Waals surface area contributed by atoms with Crippen LogP contribution in [0.5, 0.6) is 0 Å². The Hall–Kier alpha value is -1.65. The minimum absolute atomic E-state index is 0.0780. The number of thioether (sulfide) groups is 1. The van der Waals surface area contributed by atoms with E-state index in [0.717, 1.165) is 13.9 Å². The zero-order valence-corrected chi connectivity index (χ0v) is 18.5. The molecule has 0 saturated heterocycles. The zero-order chi connectivity index (χ0) is 19.8. The van der Waals surface area contributed by atoms with Gasteiger partial charge in [0.25, 0.3) is 0 Å². The average Bonchev–Trinajstić information content (AvgIpc) is 3.15. The van der Waals surface area contributed by atoms with Gasteiger partial charge in [-0.05, 0) is 40.9 Å². The SMILES string of the molecule is O=C(CSc1nnc(NC2CCCCC2)s1)NCC(=O)Nc1ccccc1Br. The summed E-state index contributed by atoms with van der Waals surface area (Å²) in [6.45, 7) is -0.0780. The Morgan fingerprint density at radius 3 is 2.71 bits per heavy atom. The molecule has 3 N–H and O–H groups in total. The first-order chi connectivity index (χ1) is 13.6. The van der Waals surface area contributed by atoms with E-state index in [1.165, 1.54) is 55.2 Å². The van der Waals surface area contributed by atoms with Crippen LogP contribution in [0.25, 0.3) is 0 Å². The van der Waals surface area contributed by atoms with Crippen LogP contribution in [0.3, 0.4) is 0 Å². The molecule has 0 aliphatic heterocycles. The number of aromatic nitrogens is 2. The molecule has 1 aliphatic carbocycles. The first-order valence-electron chi connectivity index (χ1n) is 9.14. The fourth-order valence-electron chi connectivity index (χ4n) is 2.86. The van der Waals surface area contributed by atoms with Crippen LogP contribution < -0.4 is 16.0 Å². The Morgan fingerprint density at radius 2 is 1.93 bits per heavy atom. The van der Waals surface area contributed by atoms with Gasteiger partial charge in [0.15, 0.2) is 4.34 Å². The van der Waals surface area contributed by atoms with Gasteiger partial charge in [-0.1, -0.05) is 54.5 Å². The van der Waals surface area contributed by atoms with E-state index in [0.29, 0.717) is 11.7 Å². The van der Waals surface area contributed by atoms with Crippen molar-refractivity contribution in [3.05, 3.63) is 28.7 Å². The summed E-state index contributed by atoms with van der Waals surface area (Å²) in [5.74, 6) is -0.301.